The third-order valence-electron chi connectivity index (χ3n) is 4.38. The molecule has 2 heterocycles. The van der Waals surface area contributed by atoms with Crippen LogP contribution in [0.1, 0.15) is 11.3 Å². The third-order valence-corrected chi connectivity index (χ3v) is 4.66. The van der Waals surface area contributed by atoms with Gasteiger partial charge in [-0.15, -0.1) is 0 Å². The lowest BCUT2D eigenvalue weighted by atomic mass is 10.1. The van der Waals surface area contributed by atoms with E-state index in [1.165, 1.54) is 5.69 Å². The predicted molar refractivity (Wildman–Crippen MR) is 104 cm³/mol. The molecule has 0 saturated carbocycles. The van der Waals surface area contributed by atoms with Gasteiger partial charge in [0.2, 0.25) is 0 Å². The Bertz CT molecular complexity index is 788. The quantitative estimate of drug-likeness (QED) is 0.644. The zero-order valence-electron chi connectivity index (χ0n) is 15.5. The first-order valence-corrected chi connectivity index (χ1v) is 9.06. The van der Waals surface area contributed by atoms with Crippen LogP contribution in [0.4, 0.5) is 0 Å². The summed E-state index contributed by atoms with van der Waals surface area (Å²) in [7, 11) is 5.87. The van der Waals surface area contributed by atoms with Crippen molar-refractivity contribution < 1.29 is 9.47 Å². The second-order valence-electron chi connectivity index (χ2n) is 6.29. The minimum atomic E-state index is 0.539. The highest BCUT2D eigenvalue weighted by molar-refractivity contribution is 6.32. The number of aryl methyl sites for hydroxylation is 1. The van der Waals surface area contributed by atoms with E-state index < -0.39 is 0 Å². The Balaban J connectivity index is 1.56. The van der Waals surface area contributed by atoms with Crippen LogP contribution in [-0.4, -0.2) is 49.3 Å². The smallest absolute Gasteiger partial charge is 0.193 e. The number of aromatic nitrogens is 1. The van der Waals surface area contributed by atoms with Gasteiger partial charge < -0.3 is 24.3 Å². The normalized spacial score (nSPS) is 13.6. The second kappa shape index (κ2) is 8.36. The molecule has 6 nitrogen and oxygen atoms in total. The van der Waals surface area contributed by atoms with E-state index in [2.05, 4.69) is 25.8 Å². The molecule has 1 aliphatic heterocycles. The molecule has 7 heteroatoms. The Labute approximate surface area is 159 Å². The summed E-state index contributed by atoms with van der Waals surface area (Å²) in [5.74, 6) is 2.23. The predicted octanol–water partition coefficient (Wildman–Crippen LogP) is 2.70. The van der Waals surface area contributed by atoms with E-state index in [9.17, 15) is 0 Å². The molecular weight excluding hydrogens is 352 g/mol. The maximum absolute atomic E-state index is 6.30. The molecule has 0 amide bonds. The van der Waals surface area contributed by atoms with E-state index in [0.29, 0.717) is 24.0 Å². The summed E-state index contributed by atoms with van der Waals surface area (Å²) in [6, 6.07) is 8.09. The van der Waals surface area contributed by atoms with Crippen molar-refractivity contribution in [3.8, 4) is 11.5 Å². The standard InChI is InChI=1S/C19H25ClN4O2/c1-21-19(24(3)13-15-5-4-8-23(15)2)22-7-6-14-11-16(20)18-17(12-14)25-9-10-26-18/h4-5,8,11-12H,6-7,9-10,13H2,1-3H3,(H,21,22). The molecule has 0 fully saturated rings. The van der Waals surface area contributed by atoms with E-state index in [-0.39, 0.29) is 0 Å². The minimum Gasteiger partial charge on any atom is -0.486 e. The SMILES string of the molecule is CN=C(NCCc1cc(Cl)c2c(c1)OCCO2)N(C)Cc1cccn1C. The molecule has 0 atom stereocenters. The fraction of sp³-hybridized carbons (Fsp3) is 0.421. The highest BCUT2D eigenvalue weighted by Gasteiger charge is 2.16. The number of fused-ring (bicyclic) bond motifs is 1. The van der Waals surface area contributed by atoms with E-state index >= 15 is 0 Å². The summed E-state index contributed by atoms with van der Waals surface area (Å²) in [4.78, 5) is 6.47. The summed E-state index contributed by atoms with van der Waals surface area (Å²) < 4.78 is 13.3. The molecule has 26 heavy (non-hydrogen) atoms. The number of halogens is 1. The zero-order chi connectivity index (χ0) is 18.5. The van der Waals surface area contributed by atoms with Gasteiger partial charge in [-0.25, -0.2) is 0 Å². The van der Waals surface area contributed by atoms with Gasteiger partial charge in [-0.3, -0.25) is 4.99 Å². The Hall–Kier alpha value is -2.34. The Morgan fingerprint density at radius 2 is 2.15 bits per heavy atom. The van der Waals surface area contributed by atoms with Gasteiger partial charge in [-0.1, -0.05) is 11.6 Å². The van der Waals surface area contributed by atoms with Crippen LogP contribution in [0.2, 0.25) is 5.02 Å². The van der Waals surface area contributed by atoms with Crippen molar-refractivity contribution in [2.45, 2.75) is 13.0 Å². The molecule has 2 aromatic rings. The van der Waals surface area contributed by atoms with E-state index in [1.807, 2.05) is 38.5 Å². The van der Waals surface area contributed by atoms with Gasteiger partial charge in [0.25, 0.3) is 0 Å². The van der Waals surface area contributed by atoms with Gasteiger partial charge in [-0.2, -0.15) is 0 Å². The Morgan fingerprint density at radius 1 is 1.35 bits per heavy atom. The fourth-order valence-corrected chi connectivity index (χ4v) is 3.28. The van der Waals surface area contributed by atoms with Crippen LogP contribution in [0.3, 0.4) is 0 Å². The van der Waals surface area contributed by atoms with Gasteiger partial charge in [0.1, 0.15) is 13.2 Å². The van der Waals surface area contributed by atoms with Crippen LogP contribution in [0, 0.1) is 0 Å². The van der Waals surface area contributed by atoms with Crippen molar-refractivity contribution in [3.63, 3.8) is 0 Å². The number of guanidine groups is 1. The van der Waals surface area contributed by atoms with Crippen molar-refractivity contribution >= 4 is 17.6 Å². The summed E-state index contributed by atoms with van der Waals surface area (Å²) in [6.45, 7) is 2.64. The van der Waals surface area contributed by atoms with Gasteiger partial charge in [0.15, 0.2) is 17.5 Å². The Kier molecular flexibility index (Phi) is 5.93. The minimum absolute atomic E-state index is 0.539. The summed E-state index contributed by atoms with van der Waals surface area (Å²) in [6.07, 6.45) is 2.86. The first-order valence-electron chi connectivity index (χ1n) is 8.68. The molecule has 1 aliphatic rings. The van der Waals surface area contributed by atoms with Crippen LogP contribution in [0.15, 0.2) is 35.5 Å². The topological polar surface area (TPSA) is 51.0 Å². The molecule has 1 aromatic heterocycles. The monoisotopic (exact) mass is 376 g/mol. The molecule has 0 saturated heterocycles. The van der Waals surface area contributed by atoms with Gasteiger partial charge in [0, 0.05) is 39.6 Å². The largest absolute Gasteiger partial charge is 0.486 e. The lowest BCUT2D eigenvalue weighted by molar-refractivity contribution is 0.171. The maximum Gasteiger partial charge on any atom is 0.193 e. The molecule has 0 spiro atoms. The van der Waals surface area contributed by atoms with Gasteiger partial charge >= 0.3 is 0 Å². The molecule has 0 bridgehead atoms. The van der Waals surface area contributed by atoms with Crippen molar-refractivity contribution in [1.29, 1.82) is 0 Å². The average Bonchev–Trinajstić information content (AvgIpc) is 3.03. The van der Waals surface area contributed by atoms with Crippen molar-refractivity contribution in [3.05, 3.63) is 46.7 Å². The number of hydrogen-bond donors (Lipinski definition) is 1. The molecule has 140 valence electrons. The van der Waals surface area contributed by atoms with Crippen LogP contribution < -0.4 is 14.8 Å². The van der Waals surface area contributed by atoms with Crippen LogP contribution >= 0.6 is 11.6 Å². The average molecular weight is 377 g/mol. The first kappa shape index (κ1) is 18.5. The third kappa shape index (κ3) is 4.25. The molecule has 0 radical (unpaired) electrons. The van der Waals surface area contributed by atoms with Crippen molar-refractivity contribution in [2.75, 3.05) is 33.9 Å². The highest BCUT2D eigenvalue weighted by atomic mass is 35.5. The van der Waals surface area contributed by atoms with Gasteiger partial charge in [-0.05, 0) is 36.2 Å². The van der Waals surface area contributed by atoms with Crippen LogP contribution in [0.25, 0.3) is 0 Å². The van der Waals surface area contributed by atoms with Gasteiger partial charge in [0.05, 0.1) is 11.6 Å². The van der Waals surface area contributed by atoms with Crippen LogP contribution in [0.5, 0.6) is 11.5 Å². The molecule has 1 aromatic carbocycles. The van der Waals surface area contributed by atoms with Crippen molar-refractivity contribution in [2.24, 2.45) is 12.0 Å². The molecular formula is C19H25ClN4O2. The van der Waals surface area contributed by atoms with E-state index in [1.54, 1.807) is 7.05 Å². The zero-order valence-corrected chi connectivity index (χ0v) is 16.2. The molecule has 3 rings (SSSR count). The number of nitrogens with one attached hydrogen (secondary N) is 1. The number of hydrogen-bond acceptors (Lipinski definition) is 3. The number of benzene rings is 1. The summed E-state index contributed by atoms with van der Waals surface area (Å²) in [5, 5.41) is 4.00. The first-order chi connectivity index (χ1) is 12.6. The molecule has 1 N–H and O–H groups in total. The summed E-state index contributed by atoms with van der Waals surface area (Å²) >= 11 is 6.30. The molecule has 0 aliphatic carbocycles. The number of aliphatic imine (C=N–C) groups is 1. The second-order valence-corrected chi connectivity index (χ2v) is 6.70. The van der Waals surface area contributed by atoms with E-state index in [4.69, 9.17) is 21.1 Å². The highest BCUT2D eigenvalue weighted by Crippen LogP contribution is 2.38. The lowest BCUT2D eigenvalue weighted by Crippen LogP contribution is -2.39. The molecule has 0 unspecified atom stereocenters. The number of ether oxygens (including phenoxy) is 2. The number of rotatable bonds is 5. The van der Waals surface area contributed by atoms with E-state index in [0.717, 1.165) is 36.8 Å². The fourth-order valence-electron chi connectivity index (χ4n) is 2.99. The summed E-state index contributed by atoms with van der Waals surface area (Å²) in [5.41, 5.74) is 2.33. The lowest BCUT2D eigenvalue weighted by Gasteiger charge is -2.23. The maximum atomic E-state index is 6.30. The number of nitrogens with zero attached hydrogens (tertiary/aromatic N) is 3. The van der Waals surface area contributed by atoms with Crippen molar-refractivity contribution in [1.82, 2.24) is 14.8 Å². The van der Waals surface area contributed by atoms with Crippen LogP contribution in [-0.2, 0) is 20.0 Å². The Morgan fingerprint density at radius 3 is 2.88 bits per heavy atom.